The van der Waals surface area contributed by atoms with Crippen molar-refractivity contribution in [2.24, 2.45) is 5.92 Å². The summed E-state index contributed by atoms with van der Waals surface area (Å²) in [5.41, 5.74) is 0.596. The number of hydrogen-bond acceptors (Lipinski definition) is 3. The SMILES string of the molecule is C[C@@H]1CCCN(C(=O)Nc2ccc([N+](=O)[O-])cc2)C1. The highest BCUT2D eigenvalue weighted by Gasteiger charge is 2.20. The number of urea groups is 1. The number of likely N-dealkylation sites (tertiary alicyclic amines) is 1. The van der Waals surface area contributed by atoms with Gasteiger partial charge in [-0.2, -0.15) is 0 Å². The van der Waals surface area contributed by atoms with Gasteiger partial charge >= 0.3 is 6.03 Å². The van der Waals surface area contributed by atoms with Crippen LogP contribution in [0.25, 0.3) is 0 Å². The molecular formula is C13H17N3O3. The van der Waals surface area contributed by atoms with Crippen LogP contribution in [0.3, 0.4) is 0 Å². The van der Waals surface area contributed by atoms with E-state index < -0.39 is 4.92 Å². The average Bonchev–Trinajstić information content (AvgIpc) is 2.39. The highest BCUT2D eigenvalue weighted by atomic mass is 16.6. The Morgan fingerprint density at radius 3 is 2.68 bits per heavy atom. The van der Waals surface area contributed by atoms with E-state index in [0.29, 0.717) is 11.6 Å². The summed E-state index contributed by atoms with van der Waals surface area (Å²) in [6, 6.07) is 5.72. The lowest BCUT2D eigenvalue weighted by molar-refractivity contribution is -0.384. The molecule has 0 unspecified atom stereocenters. The predicted octanol–water partition coefficient (Wildman–Crippen LogP) is 2.86. The van der Waals surface area contributed by atoms with E-state index in [2.05, 4.69) is 12.2 Å². The number of benzene rings is 1. The van der Waals surface area contributed by atoms with Crippen LogP contribution in [0.5, 0.6) is 0 Å². The van der Waals surface area contributed by atoms with Crippen LogP contribution in [0.1, 0.15) is 19.8 Å². The zero-order valence-electron chi connectivity index (χ0n) is 10.8. The van der Waals surface area contributed by atoms with Gasteiger partial charge in [0.05, 0.1) is 4.92 Å². The molecule has 6 heteroatoms. The van der Waals surface area contributed by atoms with Crippen LogP contribution in [-0.2, 0) is 0 Å². The third kappa shape index (κ3) is 3.43. The molecule has 1 aromatic rings. The van der Waals surface area contributed by atoms with Gasteiger partial charge in [-0.05, 0) is 30.9 Å². The summed E-state index contributed by atoms with van der Waals surface area (Å²) in [5.74, 6) is 0.524. The van der Waals surface area contributed by atoms with Crippen molar-refractivity contribution in [1.82, 2.24) is 4.90 Å². The molecule has 1 aliphatic heterocycles. The smallest absolute Gasteiger partial charge is 0.321 e. The molecule has 0 aliphatic carbocycles. The van der Waals surface area contributed by atoms with Crippen molar-refractivity contribution in [2.75, 3.05) is 18.4 Å². The van der Waals surface area contributed by atoms with E-state index in [-0.39, 0.29) is 11.7 Å². The largest absolute Gasteiger partial charge is 0.324 e. The van der Waals surface area contributed by atoms with Crippen molar-refractivity contribution < 1.29 is 9.72 Å². The van der Waals surface area contributed by atoms with E-state index in [0.717, 1.165) is 25.9 Å². The van der Waals surface area contributed by atoms with Gasteiger partial charge in [0.15, 0.2) is 0 Å². The van der Waals surface area contributed by atoms with Gasteiger partial charge in [0.25, 0.3) is 5.69 Å². The topological polar surface area (TPSA) is 75.5 Å². The number of carbonyl (C=O) groups excluding carboxylic acids is 1. The predicted molar refractivity (Wildman–Crippen MR) is 72.1 cm³/mol. The Kier molecular flexibility index (Phi) is 3.99. The van der Waals surface area contributed by atoms with Gasteiger partial charge in [-0.3, -0.25) is 10.1 Å². The van der Waals surface area contributed by atoms with Crippen molar-refractivity contribution >= 4 is 17.4 Å². The van der Waals surface area contributed by atoms with Gasteiger partial charge in [-0.15, -0.1) is 0 Å². The van der Waals surface area contributed by atoms with E-state index in [1.165, 1.54) is 12.1 Å². The third-order valence-electron chi connectivity index (χ3n) is 3.27. The van der Waals surface area contributed by atoms with Gasteiger partial charge in [0.2, 0.25) is 0 Å². The van der Waals surface area contributed by atoms with Crippen LogP contribution in [-0.4, -0.2) is 28.9 Å². The van der Waals surface area contributed by atoms with Crippen molar-refractivity contribution in [3.8, 4) is 0 Å². The Hall–Kier alpha value is -2.11. The van der Waals surface area contributed by atoms with Crippen LogP contribution in [0.15, 0.2) is 24.3 Å². The number of non-ortho nitro benzene ring substituents is 1. The minimum absolute atomic E-state index is 0.0181. The molecule has 1 saturated heterocycles. The van der Waals surface area contributed by atoms with Crippen LogP contribution < -0.4 is 5.32 Å². The fourth-order valence-corrected chi connectivity index (χ4v) is 2.24. The first kappa shape index (κ1) is 13.3. The molecule has 1 aliphatic rings. The lowest BCUT2D eigenvalue weighted by Gasteiger charge is -2.30. The molecule has 19 heavy (non-hydrogen) atoms. The average molecular weight is 263 g/mol. The first-order chi connectivity index (χ1) is 9.06. The number of rotatable bonds is 2. The van der Waals surface area contributed by atoms with E-state index in [9.17, 15) is 14.9 Å². The molecule has 1 N–H and O–H groups in total. The number of anilines is 1. The summed E-state index contributed by atoms with van der Waals surface area (Å²) < 4.78 is 0. The highest BCUT2D eigenvalue weighted by Crippen LogP contribution is 2.18. The Morgan fingerprint density at radius 1 is 1.42 bits per heavy atom. The molecule has 1 aromatic carbocycles. The number of nitro groups is 1. The van der Waals surface area contributed by atoms with Crippen molar-refractivity contribution in [1.29, 1.82) is 0 Å². The number of hydrogen-bond donors (Lipinski definition) is 1. The van der Waals surface area contributed by atoms with Crippen LogP contribution >= 0.6 is 0 Å². The fraction of sp³-hybridized carbons (Fsp3) is 0.462. The molecular weight excluding hydrogens is 246 g/mol. The maximum Gasteiger partial charge on any atom is 0.321 e. The zero-order valence-corrected chi connectivity index (χ0v) is 10.8. The van der Waals surface area contributed by atoms with Crippen LogP contribution in [0, 0.1) is 16.0 Å². The molecule has 6 nitrogen and oxygen atoms in total. The van der Waals surface area contributed by atoms with Gasteiger partial charge in [-0.1, -0.05) is 6.92 Å². The molecule has 0 saturated carbocycles. The molecule has 1 atom stereocenters. The molecule has 2 rings (SSSR count). The summed E-state index contributed by atoms with van der Waals surface area (Å²) in [4.78, 5) is 23.9. The number of nitrogens with zero attached hydrogens (tertiary/aromatic N) is 2. The summed E-state index contributed by atoms with van der Waals surface area (Å²) >= 11 is 0. The Morgan fingerprint density at radius 2 is 2.11 bits per heavy atom. The van der Waals surface area contributed by atoms with E-state index in [4.69, 9.17) is 0 Å². The van der Waals surface area contributed by atoms with Gasteiger partial charge in [0, 0.05) is 30.9 Å². The standard InChI is InChI=1S/C13H17N3O3/c1-10-3-2-8-15(9-10)13(17)14-11-4-6-12(7-5-11)16(18)19/h4-7,10H,2-3,8-9H2,1H3,(H,14,17)/t10-/m1/s1. The maximum absolute atomic E-state index is 12.0. The molecule has 0 aromatic heterocycles. The number of nitrogens with one attached hydrogen (secondary N) is 1. The summed E-state index contributed by atoms with van der Waals surface area (Å²) in [6.45, 7) is 3.66. The zero-order chi connectivity index (χ0) is 13.8. The summed E-state index contributed by atoms with van der Waals surface area (Å²) in [6.07, 6.45) is 2.18. The van der Waals surface area contributed by atoms with Crippen LogP contribution in [0.4, 0.5) is 16.2 Å². The van der Waals surface area contributed by atoms with Crippen molar-refractivity contribution in [3.05, 3.63) is 34.4 Å². The molecule has 0 spiro atoms. The lowest BCUT2D eigenvalue weighted by Crippen LogP contribution is -2.41. The normalized spacial score (nSPS) is 19.0. The minimum atomic E-state index is -0.460. The first-order valence-electron chi connectivity index (χ1n) is 6.36. The fourth-order valence-electron chi connectivity index (χ4n) is 2.24. The molecule has 0 radical (unpaired) electrons. The molecule has 1 heterocycles. The van der Waals surface area contributed by atoms with Gasteiger partial charge in [-0.25, -0.2) is 4.79 Å². The number of nitro benzene ring substituents is 1. The quantitative estimate of drug-likeness (QED) is 0.658. The molecule has 0 bridgehead atoms. The third-order valence-corrected chi connectivity index (χ3v) is 3.27. The molecule has 2 amide bonds. The van der Waals surface area contributed by atoms with E-state index in [1.807, 2.05) is 0 Å². The Balaban J connectivity index is 1.96. The highest BCUT2D eigenvalue weighted by molar-refractivity contribution is 5.89. The van der Waals surface area contributed by atoms with Gasteiger partial charge in [0.1, 0.15) is 0 Å². The Bertz CT molecular complexity index is 473. The second-order valence-corrected chi connectivity index (χ2v) is 4.93. The summed E-state index contributed by atoms with van der Waals surface area (Å²) in [5, 5.41) is 13.3. The van der Waals surface area contributed by atoms with Crippen molar-refractivity contribution in [3.63, 3.8) is 0 Å². The Labute approximate surface area is 111 Å². The minimum Gasteiger partial charge on any atom is -0.324 e. The monoisotopic (exact) mass is 263 g/mol. The second kappa shape index (κ2) is 5.69. The molecule has 102 valence electrons. The molecule has 1 fully saturated rings. The van der Waals surface area contributed by atoms with Crippen LogP contribution in [0.2, 0.25) is 0 Å². The summed E-state index contributed by atoms with van der Waals surface area (Å²) in [7, 11) is 0. The van der Waals surface area contributed by atoms with E-state index in [1.54, 1.807) is 17.0 Å². The second-order valence-electron chi connectivity index (χ2n) is 4.93. The number of carbonyl (C=O) groups is 1. The maximum atomic E-state index is 12.0. The first-order valence-corrected chi connectivity index (χ1v) is 6.36. The lowest BCUT2D eigenvalue weighted by atomic mass is 10.0. The number of piperidine rings is 1. The van der Waals surface area contributed by atoms with E-state index >= 15 is 0 Å². The number of amides is 2. The van der Waals surface area contributed by atoms with Gasteiger partial charge < -0.3 is 10.2 Å². The van der Waals surface area contributed by atoms with Crippen molar-refractivity contribution in [2.45, 2.75) is 19.8 Å².